The second kappa shape index (κ2) is 9.58. The van der Waals surface area contributed by atoms with Crippen molar-refractivity contribution >= 4 is 47.2 Å². The second-order valence-electron chi connectivity index (χ2n) is 6.12. The number of rotatable bonds is 6. The van der Waals surface area contributed by atoms with Crippen molar-refractivity contribution in [1.29, 1.82) is 0 Å². The Morgan fingerprint density at radius 3 is 1.74 bits per heavy atom. The highest BCUT2D eigenvalue weighted by Gasteiger charge is 2.26. The minimum Gasteiger partial charge on any atom is -0.289 e. The summed E-state index contributed by atoms with van der Waals surface area (Å²) in [7, 11) is 0. The van der Waals surface area contributed by atoms with Crippen LogP contribution in [-0.2, 0) is 9.59 Å². The van der Waals surface area contributed by atoms with Crippen LogP contribution in [0.15, 0.2) is 82.6 Å². The predicted octanol–water partition coefficient (Wildman–Crippen LogP) is 5.63. The van der Waals surface area contributed by atoms with Crippen LogP contribution in [0, 0.1) is 0 Å². The van der Waals surface area contributed by atoms with Gasteiger partial charge in [-0.25, -0.2) is 0 Å². The molecule has 136 valence electrons. The molecule has 1 saturated heterocycles. The number of benzene rings is 2. The van der Waals surface area contributed by atoms with E-state index < -0.39 is 0 Å². The molecule has 1 aliphatic heterocycles. The molecule has 0 aromatic heterocycles. The van der Waals surface area contributed by atoms with Gasteiger partial charge in [0.05, 0.1) is 9.81 Å². The van der Waals surface area contributed by atoms with E-state index in [2.05, 4.69) is 6.92 Å². The first-order valence-corrected chi connectivity index (χ1v) is 10.6. The van der Waals surface area contributed by atoms with Crippen LogP contribution >= 0.6 is 23.5 Å². The summed E-state index contributed by atoms with van der Waals surface area (Å²) in [5.41, 5.74) is 2.14. The van der Waals surface area contributed by atoms with E-state index in [1.54, 1.807) is 35.7 Å². The molecule has 1 heterocycles. The highest BCUT2D eigenvalue weighted by atomic mass is 32.2. The van der Waals surface area contributed by atoms with Gasteiger partial charge < -0.3 is 0 Å². The van der Waals surface area contributed by atoms with E-state index in [-0.39, 0.29) is 17.1 Å². The fourth-order valence-electron chi connectivity index (χ4n) is 2.54. The molecule has 1 fully saturated rings. The number of thioether (sulfide) groups is 2. The Labute approximate surface area is 168 Å². The van der Waals surface area contributed by atoms with E-state index in [1.807, 2.05) is 60.7 Å². The maximum absolute atomic E-state index is 12.8. The van der Waals surface area contributed by atoms with Gasteiger partial charge in [0.25, 0.3) is 0 Å². The average Bonchev–Trinajstić information content (AvgIpc) is 3.12. The van der Waals surface area contributed by atoms with E-state index in [1.165, 1.54) is 12.2 Å². The summed E-state index contributed by atoms with van der Waals surface area (Å²) in [6.45, 7) is 2.11. The Kier molecular flexibility index (Phi) is 6.91. The smallest absolute Gasteiger partial charge is 0.191 e. The summed E-state index contributed by atoms with van der Waals surface area (Å²) < 4.78 is 0.827. The second-order valence-corrected chi connectivity index (χ2v) is 8.86. The van der Waals surface area contributed by atoms with Gasteiger partial charge in [0.15, 0.2) is 11.6 Å². The molecule has 0 spiro atoms. The molecule has 2 aromatic carbocycles. The monoisotopic (exact) mass is 392 g/mol. The standard InChI is InChI=1S/C23H20O2S2/c1-17-16-26-23(27-17)22(20(24)14-12-18-8-4-2-5-9-18)21(25)15-13-19-10-6-3-7-11-19/h2-15,17H,16H2,1H3. The zero-order valence-electron chi connectivity index (χ0n) is 15.0. The highest BCUT2D eigenvalue weighted by Crippen LogP contribution is 2.43. The molecule has 0 saturated carbocycles. The van der Waals surface area contributed by atoms with Gasteiger partial charge in [0.1, 0.15) is 0 Å². The molecule has 27 heavy (non-hydrogen) atoms. The molecule has 1 unspecified atom stereocenters. The summed E-state index contributed by atoms with van der Waals surface area (Å²) in [5.74, 6) is 0.422. The summed E-state index contributed by atoms with van der Waals surface area (Å²) in [6, 6.07) is 19.2. The first-order valence-electron chi connectivity index (χ1n) is 8.72. The van der Waals surface area contributed by atoms with Crippen LogP contribution in [0.4, 0.5) is 0 Å². The van der Waals surface area contributed by atoms with Crippen molar-refractivity contribution in [3.8, 4) is 0 Å². The summed E-state index contributed by atoms with van der Waals surface area (Å²) in [5, 5.41) is 0.400. The molecule has 3 rings (SSSR count). The van der Waals surface area contributed by atoms with Crippen molar-refractivity contribution in [2.45, 2.75) is 12.2 Å². The number of ketones is 2. The minimum atomic E-state index is -0.245. The molecule has 1 aliphatic rings. The maximum Gasteiger partial charge on any atom is 0.191 e. The minimum absolute atomic E-state index is 0.245. The predicted molar refractivity (Wildman–Crippen MR) is 118 cm³/mol. The summed E-state index contributed by atoms with van der Waals surface area (Å²) >= 11 is 3.20. The Bertz CT molecular complexity index is 833. The van der Waals surface area contributed by atoms with Crippen LogP contribution in [0.5, 0.6) is 0 Å². The van der Waals surface area contributed by atoms with Gasteiger partial charge in [0, 0.05) is 11.0 Å². The molecular formula is C23H20O2S2. The maximum atomic E-state index is 12.8. The van der Waals surface area contributed by atoms with Crippen LogP contribution in [-0.4, -0.2) is 22.6 Å². The van der Waals surface area contributed by atoms with Crippen molar-refractivity contribution < 1.29 is 9.59 Å². The molecule has 2 nitrogen and oxygen atoms in total. The molecule has 0 N–H and O–H groups in total. The van der Waals surface area contributed by atoms with E-state index in [0.717, 1.165) is 21.1 Å². The third kappa shape index (κ3) is 5.59. The fourth-order valence-corrected chi connectivity index (χ4v) is 5.40. The van der Waals surface area contributed by atoms with Gasteiger partial charge >= 0.3 is 0 Å². The third-order valence-corrected chi connectivity index (χ3v) is 6.88. The number of hydrogen-bond acceptors (Lipinski definition) is 4. The van der Waals surface area contributed by atoms with Gasteiger partial charge in [-0.05, 0) is 23.3 Å². The van der Waals surface area contributed by atoms with E-state index >= 15 is 0 Å². The molecule has 0 radical (unpaired) electrons. The first kappa shape index (κ1) is 19.5. The van der Waals surface area contributed by atoms with Crippen LogP contribution in [0.25, 0.3) is 12.2 Å². The molecule has 2 aromatic rings. The largest absolute Gasteiger partial charge is 0.289 e. The van der Waals surface area contributed by atoms with Crippen molar-refractivity contribution in [2.24, 2.45) is 0 Å². The van der Waals surface area contributed by atoms with Gasteiger partial charge in [0.2, 0.25) is 0 Å². The molecule has 0 aliphatic carbocycles. The molecule has 1 atom stereocenters. The third-order valence-electron chi connectivity index (χ3n) is 3.91. The van der Waals surface area contributed by atoms with Crippen LogP contribution in [0.1, 0.15) is 18.1 Å². The van der Waals surface area contributed by atoms with Crippen molar-refractivity contribution in [2.75, 3.05) is 5.75 Å². The zero-order valence-corrected chi connectivity index (χ0v) is 16.6. The van der Waals surface area contributed by atoms with Crippen LogP contribution in [0.3, 0.4) is 0 Å². The van der Waals surface area contributed by atoms with Crippen molar-refractivity contribution in [1.82, 2.24) is 0 Å². The topological polar surface area (TPSA) is 34.1 Å². The average molecular weight is 393 g/mol. The van der Waals surface area contributed by atoms with E-state index in [9.17, 15) is 9.59 Å². The van der Waals surface area contributed by atoms with Crippen molar-refractivity contribution in [3.05, 3.63) is 93.8 Å². The Morgan fingerprint density at radius 2 is 1.33 bits per heavy atom. The van der Waals surface area contributed by atoms with E-state index in [4.69, 9.17) is 0 Å². The highest BCUT2D eigenvalue weighted by molar-refractivity contribution is 8.25. The van der Waals surface area contributed by atoms with Gasteiger partial charge in [-0.15, -0.1) is 23.5 Å². The molecule has 4 heteroatoms. The lowest BCUT2D eigenvalue weighted by atomic mass is 10.1. The Balaban J connectivity index is 1.85. The van der Waals surface area contributed by atoms with E-state index in [0.29, 0.717) is 5.25 Å². The van der Waals surface area contributed by atoms with Crippen LogP contribution in [0.2, 0.25) is 0 Å². The number of allylic oxidation sites excluding steroid dienone is 3. The lowest BCUT2D eigenvalue weighted by Crippen LogP contribution is -2.10. The number of carbonyl (C=O) groups excluding carboxylic acids is 2. The lowest BCUT2D eigenvalue weighted by molar-refractivity contribution is -0.116. The first-order chi connectivity index (χ1) is 13.1. The van der Waals surface area contributed by atoms with Crippen molar-refractivity contribution in [3.63, 3.8) is 0 Å². The molecule has 0 bridgehead atoms. The number of carbonyl (C=O) groups is 2. The molecule has 0 amide bonds. The summed E-state index contributed by atoms with van der Waals surface area (Å²) in [6.07, 6.45) is 6.50. The quantitative estimate of drug-likeness (QED) is 0.362. The van der Waals surface area contributed by atoms with Crippen LogP contribution < -0.4 is 0 Å². The number of hydrogen-bond donors (Lipinski definition) is 0. The lowest BCUT2D eigenvalue weighted by Gasteiger charge is -2.04. The van der Waals surface area contributed by atoms with Gasteiger partial charge in [-0.3, -0.25) is 9.59 Å². The normalized spacial score (nSPS) is 16.9. The van der Waals surface area contributed by atoms with Gasteiger partial charge in [-0.1, -0.05) is 79.7 Å². The Hall–Kier alpha value is -2.30. The molecular weight excluding hydrogens is 372 g/mol. The zero-order chi connectivity index (χ0) is 19.1. The summed E-state index contributed by atoms with van der Waals surface area (Å²) in [4.78, 5) is 25.7. The fraction of sp³-hybridized carbons (Fsp3) is 0.130. The van der Waals surface area contributed by atoms with Gasteiger partial charge in [-0.2, -0.15) is 0 Å². The Morgan fingerprint density at radius 1 is 0.852 bits per heavy atom. The SMILES string of the molecule is CC1CSC(=C(C(=O)C=Cc2ccccc2)C(=O)C=Cc2ccccc2)S1.